The summed E-state index contributed by atoms with van der Waals surface area (Å²) < 4.78 is 21.6. The van der Waals surface area contributed by atoms with Gasteiger partial charge >= 0.3 is 0 Å². The van der Waals surface area contributed by atoms with Crippen LogP contribution >= 0.6 is 10.7 Å². The summed E-state index contributed by atoms with van der Waals surface area (Å²) in [6.45, 7) is 0. The summed E-state index contributed by atoms with van der Waals surface area (Å²) in [6, 6.07) is 10.7. The lowest BCUT2D eigenvalue weighted by Gasteiger charge is -2.04. The van der Waals surface area contributed by atoms with E-state index in [0.717, 1.165) is 19.3 Å². The number of halogens is 1. The van der Waals surface area contributed by atoms with Crippen LogP contribution in [-0.2, 0) is 20.3 Å². The number of hydrogen-bond acceptors (Lipinski definition) is 3. The van der Waals surface area contributed by atoms with Gasteiger partial charge in [0.1, 0.15) is 11.5 Å². The van der Waals surface area contributed by atoms with Crippen molar-refractivity contribution in [2.75, 3.05) is 5.75 Å². The van der Waals surface area contributed by atoms with Gasteiger partial charge in [0.2, 0.25) is 9.05 Å². The van der Waals surface area contributed by atoms with E-state index in [-0.39, 0.29) is 5.78 Å². The van der Waals surface area contributed by atoms with Crippen molar-refractivity contribution in [3.63, 3.8) is 0 Å². The largest absolute Gasteiger partial charge is 0.299 e. The summed E-state index contributed by atoms with van der Waals surface area (Å²) in [5.41, 5.74) is 1.45. The van der Waals surface area contributed by atoms with Crippen LogP contribution in [0.3, 0.4) is 0 Å². The van der Waals surface area contributed by atoms with Gasteiger partial charge in [-0.15, -0.1) is 0 Å². The number of hydrogen-bond donors (Lipinski definition) is 0. The van der Waals surface area contributed by atoms with Gasteiger partial charge in [0.15, 0.2) is 0 Å². The Morgan fingerprint density at radius 1 is 0.704 bits per heavy atom. The molecule has 154 valence electrons. The Hall–Kier alpha value is -0.870. The van der Waals surface area contributed by atoms with Crippen LogP contribution in [0.2, 0.25) is 0 Å². The SMILES string of the molecule is O=C(CCCCCCCCCCCCCCc1ccccc1)CS(=O)(=O)Cl. The van der Waals surface area contributed by atoms with Crippen LogP contribution < -0.4 is 0 Å². The molecule has 1 aromatic rings. The molecule has 1 rings (SSSR count). The summed E-state index contributed by atoms with van der Waals surface area (Å²) in [7, 11) is 1.38. The Morgan fingerprint density at radius 3 is 1.63 bits per heavy atom. The second-order valence-corrected chi connectivity index (χ2v) is 10.2. The number of aryl methyl sites for hydroxylation is 1. The summed E-state index contributed by atoms with van der Waals surface area (Å²) in [4.78, 5) is 11.4. The van der Waals surface area contributed by atoms with Gasteiger partial charge in [-0.2, -0.15) is 0 Å². The Labute approximate surface area is 170 Å². The summed E-state index contributed by atoms with van der Waals surface area (Å²) in [5, 5.41) is 0. The van der Waals surface area contributed by atoms with E-state index in [1.54, 1.807) is 0 Å². The van der Waals surface area contributed by atoms with Crippen molar-refractivity contribution in [1.29, 1.82) is 0 Å². The van der Waals surface area contributed by atoms with Gasteiger partial charge in [-0.05, 0) is 24.8 Å². The van der Waals surface area contributed by atoms with E-state index in [1.807, 2.05) is 0 Å². The quantitative estimate of drug-likeness (QED) is 0.218. The molecule has 3 nitrogen and oxygen atoms in total. The fourth-order valence-electron chi connectivity index (χ4n) is 3.33. The third kappa shape index (κ3) is 15.8. The molecule has 0 saturated heterocycles. The Bertz CT molecular complexity index is 599. The molecule has 0 aliphatic carbocycles. The van der Waals surface area contributed by atoms with Crippen molar-refractivity contribution in [3.05, 3.63) is 35.9 Å². The molecular formula is C22H35ClO3S. The molecule has 0 aliphatic heterocycles. The van der Waals surface area contributed by atoms with E-state index < -0.39 is 14.8 Å². The first-order chi connectivity index (χ1) is 13.0. The van der Waals surface area contributed by atoms with Gasteiger partial charge in [-0.1, -0.05) is 94.5 Å². The summed E-state index contributed by atoms with van der Waals surface area (Å²) in [6.07, 6.45) is 16.2. The predicted octanol–water partition coefficient (Wildman–Crippen LogP) is 6.44. The van der Waals surface area contributed by atoms with Crippen LogP contribution in [0, 0.1) is 0 Å². The number of carbonyl (C=O) groups is 1. The van der Waals surface area contributed by atoms with Crippen molar-refractivity contribution in [2.45, 2.75) is 89.9 Å². The van der Waals surface area contributed by atoms with E-state index in [2.05, 4.69) is 30.3 Å². The molecule has 0 bridgehead atoms. The maximum Gasteiger partial charge on any atom is 0.239 e. The number of unbranched alkanes of at least 4 members (excludes halogenated alkanes) is 11. The molecule has 0 amide bonds. The molecule has 0 saturated carbocycles. The zero-order chi connectivity index (χ0) is 19.8. The first kappa shape index (κ1) is 24.2. The summed E-state index contributed by atoms with van der Waals surface area (Å²) >= 11 is 0. The first-order valence-electron chi connectivity index (χ1n) is 10.5. The number of carbonyl (C=O) groups excluding carboxylic acids is 1. The summed E-state index contributed by atoms with van der Waals surface area (Å²) in [5.74, 6) is -0.797. The second kappa shape index (κ2) is 15.1. The van der Waals surface area contributed by atoms with Crippen molar-refractivity contribution in [2.24, 2.45) is 0 Å². The van der Waals surface area contributed by atoms with E-state index in [0.29, 0.717) is 6.42 Å². The predicted molar refractivity (Wildman–Crippen MR) is 115 cm³/mol. The monoisotopic (exact) mass is 414 g/mol. The maximum atomic E-state index is 11.4. The van der Waals surface area contributed by atoms with Crippen LogP contribution in [0.1, 0.15) is 89.0 Å². The normalized spacial score (nSPS) is 11.6. The Balaban J connectivity index is 1.78. The highest BCUT2D eigenvalue weighted by Crippen LogP contribution is 2.14. The van der Waals surface area contributed by atoms with Crippen LogP contribution in [-0.4, -0.2) is 20.0 Å². The zero-order valence-corrected chi connectivity index (χ0v) is 18.1. The lowest BCUT2D eigenvalue weighted by atomic mass is 10.0. The van der Waals surface area contributed by atoms with Gasteiger partial charge in [-0.3, -0.25) is 4.79 Å². The highest BCUT2D eigenvalue weighted by molar-refractivity contribution is 8.14. The molecule has 27 heavy (non-hydrogen) atoms. The van der Waals surface area contributed by atoms with Crippen molar-refractivity contribution < 1.29 is 13.2 Å². The first-order valence-corrected chi connectivity index (χ1v) is 12.9. The fraction of sp³-hybridized carbons (Fsp3) is 0.682. The minimum atomic E-state index is -3.68. The number of benzene rings is 1. The van der Waals surface area contributed by atoms with E-state index >= 15 is 0 Å². The molecule has 0 heterocycles. The Kier molecular flexibility index (Phi) is 13.5. The molecule has 0 aromatic heterocycles. The minimum Gasteiger partial charge on any atom is -0.299 e. The highest BCUT2D eigenvalue weighted by Gasteiger charge is 2.12. The van der Waals surface area contributed by atoms with Crippen LogP contribution in [0.5, 0.6) is 0 Å². The minimum absolute atomic E-state index is 0.270. The second-order valence-electron chi connectivity index (χ2n) is 7.45. The average Bonchev–Trinajstić information content (AvgIpc) is 2.61. The molecule has 0 spiro atoms. The van der Waals surface area contributed by atoms with E-state index in [1.165, 1.54) is 69.8 Å². The molecule has 0 atom stereocenters. The number of ketones is 1. The molecule has 0 unspecified atom stereocenters. The van der Waals surface area contributed by atoms with Gasteiger partial charge in [-0.25, -0.2) is 8.42 Å². The third-order valence-corrected chi connectivity index (χ3v) is 5.84. The van der Waals surface area contributed by atoms with Crippen molar-refractivity contribution in [1.82, 2.24) is 0 Å². The van der Waals surface area contributed by atoms with Gasteiger partial charge < -0.3 is 0 Å². The van der Waals surface area contributed by atoms with E-state index in [4.69, 9.17) is 10.7 Å². The van der Waals surface area contributed by atoms with Crippen molar-refractivity contribution in [3.8, 4) is 0 Å². The van der Waals surface area contributed by atoms with Crippen molar-refractivity contribution >= 4 is 25.5 Å². The lowest BCUT2D eigenvalue weighted by Crippen LogP contribution is -2.10. The standard InChI is InChI=1S/C22H35ClO3S/c23-27(25,26)20-22(24)19-15-10-8-6-4-2-1-3-5-7-9-12-16-21-17-13-11-14-18-21/h11,13-14,17-18H,1-10,12,15-16,19-20H2. The molecule has 0 N–H and O–H groups in total. The molecule has 0 radical (unpaired) electrons. The smallest absolute Gasteiger partial charge is 0.239 e. The van der Waals surface area contributed by atoms with Crippen LogP contribution in [0.15, 0.2) is 30.3 Å². The fourth-order valence-corrected chi connectivity index (χ4v) is 4.22. The van der Waals surface area contributed by atoms with Crippen LogP contribution in [0.4, 0.5) is 0 Å². The highest BCUT2D eigenvalue weighted by atomic mass is 35.7. The van der Waals surface area contributed by atoms with Gasteiger partial charge in [0.25, 0.3) is 0 Å². The third-order valence-electron chi connectivity index (χ3n) is 4.85. The number of rotatable bonds is 17. The maximum absolute atomic E-state index is 11.4. The number of Topliss-reactive ketones (excluding diaryl/α,β-unsaturated/α-hetero) is 1. The lowest BCUT2D eigenvalue weighted by molar-refractivity contribution is -0.116. The van der Waals surface area contributed by atoms with E-state index in [9.17, 15) is 13.2 Å². The van der Waals surface area contributed by atoms with Crippen LogP contribution in [0.25, 0.3) is 0 Å². The molecule has 1 aromatic carbocycles. The average molecular weight is 415 g/mol. The molecule has 0 fully saturated rings. The molecular weight excluding hydrogens is 380 g/mol. The molecule has 0 aliphatic rings. The zero-order valence-electron chi connectivity index (χ0n) is 16.5. The topological polar surface area (TPSA) is 51.2 Å². The Morgan fingerprint density at radius 2 is 1.15 bits per heavy atom. The van der Waals surface area contributed by atoms with Gasteiger partial charge in [0, 0.05) is 17.1 Å². The van der Waals surface area contributed by atoms with Gasteiger partial charge in [0.05, 0.1) is 0 Å². The molecule has 5 heteroatoms.